The van der Waals surface area contributed by atoms with Crippen LogP contribution >= 0.6 is 0 Å². The highest BCUT2D eigenvalue weighted by molar-refractivity contribution is 7.94. The average molecular weight is 1900 g/mol. The molecule has 712 valence electrons. The van der Waals surface area contributed by atoms with E-state index in [1.54, 1.807) is 196 Å². The molecule has 132 heavy (non-hydrogen) atoms. The number of likely N-dealkylation sites (tertiary alicyclic amines) is 2. The summed E-state index contributed by atoms with van der Waals surface area (Å²) < 4.78 is 147. The molecule has 8 aromatic rings. The topological polar surface area (TPSA) is 438 Å². The Kier molecular flexibility index (Phi) is 31.2. The highest BCUT2D eigenvalue weighted by Crippen LogP contribution is 2.58. The van der Waals surface area contributed by atoms with Crippen LogP contribution in [0.5, 0.6) is 69.0 Å². The van der Waals surface area contributed by atoms with Gasteiger partial charge >= 0.3 is 0 Å². The van der Waals surface area contributed by atoms with E-state index in [0.29, 0.717) is 108 Å². The summed E-state index contributed by atoms with van der Waals surface area (Å²) in [6.45, 7) is 7.08. The Morgan fingerprint density at radius 2 is 0.530 bits per heavy atom. The van der Waals surface area contributed by atoms with Crippen LogP contribution in [0.15, 0.2) is 214 Å². The van der Waals surface area contributed by atoms with Crippen LogP contribution in [0.3, 0.4) is 0 Å². The quantitative estimate of drug-likeness (QED) is 0.0198. The van der Waals surface area contributed by atoms with Crippen molar-refractivity contribution in [1.29, 1.82) is 0 Å². The number of sulfone groups is 4. The molecule has 0 bridgehead atoms. The Morgan fingerprint density at radius 3 is 0.811 bits per heavy atom. The molecule has 2 unspecified atom stereocenters. The van der Waals surface area contributed by atoms with Crippen LogP contribution in [0, 0.1) is 21.7 Å². The monoisotopic (exact) mass is 1900 g/mol. The maximum Gasteiger partial charge on any atom is 0.265 e. The maximum absolute atomic E-state index is 13.8. The van der Waals surface area contributed by atoms with E-state index < -0.39 is 82.0 Å². The SMILES string of the molecule is COc1ccc(Oc2ccc(S(=O)(=O)C3(C(=O)NO)CCC4(CCCN(C)C4)CC3)cc2)cc1.COc1ccc(Oc2ccc(S(=O)(=O)C3(C(=O)NO)CCC4(CCCNC4)CC3)cc2)cc1.COc1ccc(Oc2ccc(S(=O)(=O)C3(C(=O)NO)CCC4(CCN(C)CC4)C3)cc2)cc1.COc1ccc(Oc2ccc(S(=O)(=O)C3(C(=O)NO)CCC4(CCNCC4)C3)cc2)cc1. The molecule has 4 spiro atoms. The number of carbonyl (C=O) groups is 4. The highest BCUT2D eigenvalue weighted by atomic mass is 32.2. The van der Waals surface area contributed by atoms with Gasteiger partial charge in [0.05, 0.1) is 48.0 Å². The Hall–Kier alpha value is -10.5. The van der Waals surface area contributed by atoms with E-state index >= 15 is 0 Å². The van der Waals surface area contributed by atoms with Crippen LogP contribution in [0.25, 0.3) is 0 Å². The predicted octanol–water partition coefficient (Wildman–Crippen LogP) is 13.7. The first-order chi connectivity index (χ1) is 63.1. The van der Waals surface area contributed by atoms with Gasteiger partial charge in [-0.3, -0.25) is 40.0 Å². The van der Waals surface area contributed by atoms with Crippen molar-refractivity contribution < 1.29 is 112 Å². The average Bonchev–Trinajstić information content (AvgIpc) is 1.24. The zero-order chi connectivity index (χ0) is 94.4. The number of hydrogen-bond acceptors (Lipinski definition) is 28. The smallest absolute Gasteiger partial charge is 0.265 e. The van der Waals surface area contributed by atoms with Gasteiger partial charge < -0.3 is 58.3 Å². The first kappa shape index (κ1) is 99.0. The predicted molar refractivity (Wildman–Crippen MR) is 489 cm³/mol. The minimum Gasteiger partial charge on any atom is -0.497 e. The number of hydroxylamine groups is 4. The second kappa shape index (κ2) is 41.6. The second-order valence-corrected chi connectivity index (χ2v) is 45.3. The summed E-state index contributed by atoms with van der Waals surface area (Å²) in [5, 5.41) is 44.4. The van der Waals surface area contributed by atoms with Crippen LogP contribution in [0.1, 0.15) is 141 Å². The lowest BCUT2D eigenvalue weighted by molar-refractivity contribution is -0.134. The molecule has 4 aliphatic heterocycles. The number of rotatable bonds is 24. The van der Waals surface area contributed by atoms with Crippen molar-refractivity contribution in [3.63, 3.8) is 0 Å². The van der Waals surface area contributed by atoms with Crippen LogP contribution in [0.2, 0.25) is 0 Å². The highest BCUT2D eigenvalue weighted by Gasteiger charge is 2.63. The summed E-state index contributed by atoms with van der Waals surface area (Å²) in [6, 6.07) is 52.4. The lowest BCUT2D eigenvalue weighted by Crippen LogP contribution is -2.56. The molecule has 4 aliphatic carbocycles. The summed E-state index contributed by atoms with van der Waals surface area (Å²) in [5.41, 5.74) is 6.18. The fourth-order valence-electron chi connectivity index (χ4n) is 20.6. The van der Waals surface area contributed by atoms with Gasteiger partial charge in [0, 0.05) is 13.1 Å². The van der Waals surface area contributed by atoms with Gasteiger partial charge in [-0.2, -0.15) is 0 Å². The van der Waals surface area contributed by atoms with Gasteiger partial charge in [0.15, 0.2) is 58.3 Å². The number of piperidine rings is 4. The Balaban J connectivity index is 0.000000150. The number of nitrogens with zero attached hydrogens (tertiary/aromatic N) is 2. The zero-order valence-corrected chi connectivity index (χ0v) is 78.4. The van der Waals surface area contributed by atoms with E-state index in [2.05, 4.69) is 27.5 Å². The molecular formula is C96H120N8O24S4. The zero-order valence-electron chi connectivity index (χ0n) is 75.2. The lowest BCUT2D eigenvalue weighted by Gasteiger charge is -2.48. The van der Waals surface area contributed by atoms with E-state index in [0.717, 1.165) is 104 Å². The van der Waals surface area contributed by atoms with Crippen molar-refractivity contribution in [2.75, 3.05) is 94.9 Å². The normalized spacial score (nSPS) is 24.1. The number of nitrogens with one attached hydrogen (secondary N) is 6. The minimum atomic E-state index is -4.06. The summed E-state index contributed by atoms with van der Waals surface area (Å²) >= 11 is 0. The minimum absolute atomic E-state index is 0.0169. The molecule has 36 heteroatoms. The van der Waals surface area contributed by atoms with Gasteiger partial charge in [0.2, 0.25) is 0 Å². The van der Waals surface area contributed by atoms with Gasteiger partial charge in [-0.15, -0.1) is 0 Å². The third kappa shape index (κ3) is 20.9. The van der Waals surface area contributed by atoms with Crippen molar-refractivity contribution in [1.82, 2.24) is 42.4 Å². The van der Waals surface area contributed by atoms with E-state index in [4.69, 9.17) is 37.9 Å². The molecule has 4 saturated heterocycles. The van der Waals surface area contributed by atoms with Gasteiger partial charge in [-0.25, -0.2) is 55.6 Å². The summed E-state index contributed by atoms with van der Waals surface area (Å²) in [6.07, 6.45) is 12.8. The fourth-order valence-corrected chi connectivity index (χ4v) is 28.8. The molecule has 8 aromatic carbocycles. The van der Waals surface area contributed by atoms with E-state index in [9.17, 15) is 73.7 Å². The summed E-state index contributed by atoms with van der Waals surface area (Å²) in [7, 11) is -5.78. The van der Waals surface area contributed by atoms with Crippen molar-refractivity contribution in [2.45, 2.75) is 180 Å². The first-order valence-corrected chi connectivity index (χ1v) is 50.3. The number of methoxy groups -OCH3 is 4. The van der Waals surface area contributed by atoms with Crippen molar-refractivity contribution in [3.8, 4) is 69.0 Å². The number of benzene rings is 8. The molecular weight excluding hydrogens is 1780 g/mol. The third-order valence-electron chi connectivity index (χ3n) is 28.6. The molecule has 0 radical (unpaired) electrons. The molecule has 4 heterocycles. The van der Waals surface area contributed by atoms with Crippen LogP contribution in [-0.4, -0.2) is 202 Å². The molecule has 2 atom stereocenters. The third-order valence-corrected chi connectivity index (χ3v) is 38.6. The number of carbonyl (C=O) groups excluding carboxylic acids is 4. The van der Waals surface area contributed by atoms with E-state index in [-0.39, 0.29) is 92.6 Å². The lowest BCUT2D eigenvalue weighted by atomic mass is 9.66. The largest absolute Gasteiger partial charge is 0.497 e. The van der Waals surface area contributed by atoms with Gasteiger partial charge in [0.1, 0.15) is 69.0 Å². The molecule has 8 fully saturated rings. The molecule has 0 aromatic heterocycles. The Labute approximate surface area is 771 Å². The molecule has 16 rings (SSSR count). The van der Waals surface area contributed by atoms with Crippen molar-refractivity contribution in [3.05, 3.63) is 194 Å². The molecule has 32 nitrogen and oxygen atoms in total. The fraction of sp³-hybridized carbons (Fsp3) is 0.458. The summed E-state index contributed by atoms with van der Waals surface area (Å²) in [5.74, 6) is 3.61. The number of hydrogen-bond donors (Lipinski definition) is 10. The Bertz CT molecular complexity index is 5750. The van der Waals surface area contributed by atoms with Crippen LogP contribution in [-0.2, 0) is 58.5 Å². The Morgan fingerprint density at radius 1 is 0.280 bits per heavy atom. The van der Waals surface area contributed by atoms with Crippen LogP contribution < -0.4 is 70.4 Å². The van der Waals surface area contributed by atoms with Gasteiger partial charge in [0.25, 0.3) is 23.6 Å². The molecule has 4 saturated carbocycles. The van der Waals surface area contributed by atoms with Gasteiger partial charge in [-0.05, 0) is 410 Å². The molecule has 4 amide bonds. The van der Waals surface area contributed by atoms with E-state index in [1.165, 1.54) is 48.5 Å². The molecule has 8 aliphatic rings. The molecule has 10 N–H and O–H groups in total. The van der Waals surface area contributed by atoms with Crippen molar-refractivity contribution in [2.24, 2.45) is 21.7 Å². The number of ether oxygens (including phenoxy) is 8. The van der Waals surface area contributed by atoms with Crippen molar-refractivity contribution >= 4 is 63.0 Å². The summed E-state index contributed by atoms with van der Waals surface area (Å²) in [4.78, 5) is 55.8. The second-order valence-electron chi connectivity index (χ2n) is 36.3. The maximum atomic E-state index is 13.8. The van der Waals surface area contributed by atoms with Crippen LogP contribution in [0.4, 0.5) is 0 Å². The standard InChI is InChI=1S/C25H32N2O6S.2C24H30N2O6S.C23H28N2O6S/c1-27-17-3-12-24(18-27)13-15-25(16-14-24,23(28)26-29)34(30,31)22-10-8-21(9-11-22)33-20-6-4-19(32-2)5-7-20;1-26-15-13-23(14-16-26)11-12-24(17-23,22(27)25-28)33(29,30)21-9-7-20(8-10-21)32-19-5-3-18(31-2)4-6-19;1-31-18-3-5-19(6-4-18)32-20-7-9-21(10-8-20)33(29,30)24(22(27)26-28)14-12-23(13-15-24)11-2-16-25-17-23;1-30-17-2-4-18(5-3-17)31-19-6-8-20(9-7-19)32(28,29)23(21(26)25-27)11-10-22(16-23)12-14-24-15-13-22/h4-11,29H,3,12-18H2,1-2H3,(H,26,28);3-10,28H,11-17H2,1-2H3,(H,25,27);3-10,25,28H,2,11-17H2,1H3,(H,26,27);2-9,24,27H,10-16H2,1H3,(H,25,26). The number of amides is 4. The van der Waals surface area contributed by atoms with E-state index in [1.807, 2.05) is 7.05 Å². The van der Waals surface area contributed by atoms with Gasteiger partial charge in [-0.1, -0.05) is 0 Å². The first-order valence-electron chi connectivity index (χ1n) is 44.4.